The first-order valence-corrected chi connectivity index (χ1v) is 11.6. The third-order valence-electron chi connectivity index (χ3n) is 5.61. The lowest BCUT2D eigenvalue weighted by Crippen LogP contribution is -2.24. The van der Waals surface area contributed by atoms with Crippen LogP contribution in [0.3, 0.4) is 0 Å². The number of nitrogens with zero attached hydrogens (tertiary/aromatic N) is 2. The van der Waals surface area contributed by atoms with Crippen molar-refractivity contribution in [3.8, 4) is 11.3 Å². The highest BCUT2D eigenvalue weighted by molar-refractivity contribution is 7.19. The van der Waals surface area contributed by atoms with Crippen molar-refractivity contribution in [1.29, 1.82) is 0 Å². The molecule has 8 heteroatoms. The van der Waals surface area contributed by atoms with Crippen molar-refractivity contribution in [2.75, 3.05) is 0 Å². The lowest BCUT2D eigenvalue weighted by atomic mass is 9.97. The minimum absolute atomic E-state index is 0.222. The fraction of sp³-hybridized carbons (Fsp3) is 0.174. The van der Waals surface area contributed by atoms with Crippen LogP contribution >= 0.6 is 22.7 Å². The Morgan fingerprint density at radius 2 is 1.90 bits per heavy atom. The van der Waals surface area contributed by atoms with Gasteiger partial charge in [-0.15, -0.1) is 11.3 Å². The first-order valence-electron chi connectivity index (χ1n) is 9.96. The third-order valence-corrected chi connectivity index (χ3v) is 7.86. The molecule has 4 heterocycles. The van der Waals surface area contributed by atoms with Crippen LogP contribution in [-0.4, -0.2) is 9.38 Å². The number of halogens is 1. The first kappa shape index (κ1) is 18.7. The van der Waals surface area contributed by atoms with E-state index < -0.39 is 0 Å². The van der Waals surface area contributed by atoms with Crippen LogP contribution in [0.2, 0.25) is 0 Å². The summed E-state index contributed by atoms with van der Waals surface area (Å²) in [7, 11) is 0. The molecular weight excluding hydrogens is 435 g/mol. The third kappa shape index (κ3) is 2.90. The van der Waals surface area contributed by atoms with Gasteiger partial charge in [-0.3, -0.25) is 9.59 Å². The zero-order valence-corrected chi connectivity index (χ0v) is 17.8. The van der Waals surface area contributed by atoms with Crippen LogP contribution in [0, 0.1) is 5.82 Å². The Morgan fingerprint density at radius 1 is 1.06 bits per heavy atom. The SMILES string of the molecule is O=c1nc2sc(=Cc3ccc(-c4ccccc4F)o3)c(=O)n2c2sc3c(c12)CCCC3. The van der Waals surface area contributed by atoms with Crippen LogP contribution in [0.1, 0.15) is 29.0 Å². The van der Waals surface area contributed by atoms with E-state index in [1.807, 2.05) is 0 Å². The maximum Gasteiger partial charge on any atom is 0.282 e. The molecule has 0 atom stereocenters. The summed E-state index contributed by atoms with van der Waals surface area (Å²) < 4.78 is 21.8. The second kappa shape index (κ2) is 6.96. The molecule has 0 amide bonds. The van der Waals surface area contributed by atoms with E-state index in [1.54, 1.807) is 40.8 Å². The quantitative estimate of drug-likeness (QED) is 0.405. The highest BCUT2D eigenvalue weighted by Gasteiger charge is 2.22. The van der Waals surface area contributed by atoms with Crippen molar-refractivity contribution in [2.24, 2.45) is 0 Å². The van der Waals surface area contributed by atoms with Crippen LogP contribution in [0.5, 0.6) is 0 Å². The van der Waals surface area contributed by atoms with Crippen LogP contribution < -0.4 is 15.7 Å². The van der Waals surface area contributed by atoms with Crippen molar-refractivity contribution in [2.45, 2.75) is 25.7 Å². The monoisotopic (exact) mass is 450 g/mol. The van der Waals surface area contributed by atoms with Crippen LogP contribution in [-0.2, 0) is 12.8 Å². The van der Waals surface area contributed by atoms with E-state index in [0.29, 0.717) is 36.8 Å². The van der Waals surface area contributed by atoms with Gasteiger partial charge in [0.05, 0.1) is 10.9 Å². The normalized spacial score (nSPS) is 14.5. The Bertz CT molecular complexity index is 1660. The van der Waals surface area contributed by atoms with Gasteiger partial charge in [-0.05, 0) is 55.5 Å². The molecule has 5 nitrogen and oxygen atoms in total. The molecule has 1 aromatic carbocycles. The Labute approximate surface area is 182 Å². The maximum atomic E-state index is 14.0. The van der Waals surface area contributed by atoms with Crippen LogP contribution in [0.15, 0.2) is 50.4 Å². The summed E-state index contributed by atoms with van der Waals surface area (Å²) in [5.41, 5.74) is 0.940. The van der Waals surface area contributed by atoms with Gasteiger partial charge in [0.1, 0.15) is 26.7 Å². The van der Waals surface area contributed by atoms with E-state index in [-0.39, 0.29) is 16.9 Å². The van der Waals surface area contributed by atoms with Gasteiger partial charge in [0.2, 0.25) is 4.96 Å². The highest BCUT2D eigenvalue weighted by atomic mass is 32.1. The predicted molar refractivity (Wildman–Crippen MR) is 121 cm³/mol. The highest BCUT2D eigenvalue weighted by Crippen LogP contribution is 2.34. The van der Waals surface area contributed by atoms with Gasteiger partial charge < -0.3 is 4.42 Å². The summed E-state index contributed by atoms with van der Waals surface area (Å²) in [6.07, 6.45) is 5.58. The summed E-state index contributed by atoms with van der Waals surface area (Å²) in [5, 5.41) is 0.596. The molecule has 0 N–H and O–H groups in total. The Balaban J connectivity index is 1.54. The number of aromatic nitrogens is 2. The largest absolute Gasteiger partial charge is 0.457 e. The molecule has 0 bridgehead atoms. The second-order valence-corrected chi connectivity index (χ2v) is 9.62. The molecule has 4 aromatic heterocycles. The number of benzene rings is 1. The van der Waals surface area contributed by atoms with E-state index in [1.165, 1.54) is 22.3 Å². The van der Waals surface area contributed by atoms with Crippen molar-refractivity contribution >= 4 is 43.9 Å². The summed E-state index contributed by atoms with van der Waals surface area (Å²) in [5.74, 6) is 0.451. The van der Waals surface area contributed by atoms with Crippen molar-refractivity contribution in [3.63, 3.8) is 0 Å². The molecule has 0 spiro atoms. The Hall–Kier alpha value is -3.10. The van der Waals surface area contributed by atoms with E-state index in [4.69, 9.17) is 4.42 Å². The maximum absolute atomic E-state index is 14.0. The molecule has 0 aliphatic heterocycles. The summed E-state index contributed by atoms with van der Waals surface area (Å²) in [6.45, 7) is 0. The van der Waals surface area contributed by atoms with E-state index in [2.05, 4.69) is 4.98 Å². The Morgan fingerprint density at radius 3 is 2.77 bits per heavy atom. The summed E-state index contributed by atoms with van der Waals surface area (Å²) in [4.78, 5) is 32.4. The zero-order chi connectivity index (χ0) is 21.1. The van der Waals surface area contributed by atoms with Gasteiger partial charge in [0.15, 0.2) is 0 Å². The van der Waals surface area contributed by atoms with Gasteiger partial charge >= 0.3 is 0 Å². The number of aryl methyl sites for hydroxylation is 2. The fourth-order valence-electron chi connectivity index (χ4n) is 4.17. The van der Waals surface area contributed by atoms with Crippen LogP contribution in [0.25, 0.3) is 32.6 Å². The van der Waals surface area contributed by atoms with Gasteiger partial charge in [-0.2, -0.15) is 4.98 Å². The van der Waals surface area contributed by atoms with Crippen molar-refractivity contribution in [3.05, 3.63) is 83.7 Å². The number of thiazole rings is 1. The number of rotatable bonds is 2. The number of fused-ring (bicyclic) bond motifs is 5. The van der Waals surface area contributed by atoms with E-state index in [0.717, 1.165) is 42.6 Å². The molecule has 0 saturated carbocycles. The van der Waals surface area contributed by atoms with Gasteiger partial charge in [-0.25, -0.2) is 8.79 Å². The number of hydrogen-bond acceptors (Lipinski definition) is 6. The van der Waals surface area contributed by atoms with Crippen molar-refractivity contribution < 1.29 is 8.81 Å². The average Bonchev–Trinajstić information content (AvgIpc) is 3.45. The Kier molecular flexibility index (Phi) is 4.19. The zero-order valence-electron chi connectivity index (χ0n) is 16.2. The molecule has 0 fully saturated rings. The van der Waals surface area contributed by atoms with E-state index in [9.17, 15) is 14.0 Å². The van der Waals surface area contributed by atoms with Crippen molar-refractivity contribution in [1.82, 2.24) is 9.38 Å². The summed E-state index contributed by atoms with van der Waals surface area (Å²) >= 11 is 2.69. The van der Waals surface area contributed by atoms with Gasteiger partial charge in [-0.1, -0.05) is 23.5 Å². The minimum atomic E-state index is -0.374. The van der Waals surface area contributed by atoms with Gasteiger partial charge in [0.25, 0.3) is 11.1 Å². The van der Waals surface area contributed by atoms with Gasteiger partial charge in [0, 0.05) is 11.0 Å². The minimum Gasteiger partial charge on any atom is -0.457 e. The summed E-state index contributed by atoms with van der Waals surface area (Å²) in [6, 6.07) is 9.74. The topological polar surface area (TPSA) is 64.6 Å². The second-order valence-electron chi connectivity index (χ2n) is 7.52. The molecule has 6 rings (SSSR count). The predicted octanol–water partition coefficient (Wildman–Crippen LogP) is 4.16. The molecule has 0 radical (unpaired) electrons. The molecule has 154 valence electrons. The molecule has 5 aromatic rings. The van der Waals surface area contributed by atoms with Crippen LogP contribution in [0.4, 0.5) is 4.39 Å². The first-order chi connectivity index (χ1) is 15.1. The lowest BCUT2D eigenvalue weighted by Gasteiger charge is -2.09. The number of furan rings is 1. The fourth-order valence-corrected chi connectivity index (χ4v) is 6.55. The molecule has 31 heavy (non-hydrogen) atoms. The average molecular weight is 451 g/mol. The lowest BCUT2D eigenvalue weighted by molar-refractivity contribution is 0.560. The number of thiophene rings is 1. The number of hydrogen-bond donors (Lipinski definition) is 0. The van der Waals surface area contributed by atoms with E-state index >= 15 is 0 Å². The molecule has 0 saturated heterocycles. The molecule has 1 aliphatic rings. The smallest absolute Gasteiger partial charge is 0.282 e. The molecular formula is C23H15FN2O3S2. The molecule has 0 unspecified atom stereocenters. The molecule has 1 aliphatic carbocycles. The standard InChI is InChI=1S/C23H15FN2O3S2/c24-15-7-3-1-5-13(15)16-10-9-12(29-16)11-18-21(28)26-22-19(20(27)25-23(26)31-18)14-6-2-4-8-17(14)30-22/h1,3,5,7,9-11H,2,4,6,8H2.